The smallest absolute Gasteiger partial charge is 0.418 e. The molecule has 0 spiro atoms. The van der Waals surface area contributed by atoms with Crippen LogP contribution in [0.4, 0.5) is 23.0 Å². The fourth-order valence-corrected chi connectivity index (χ4v) is 1.70. The van der Waals surface area contributed by atoms with Gasteiger partial charge in [-0.3, -0.25) is 4.99 Å². The SMILES string of the molecule is C1=Nc2cccc3cccc1c23.F[B-](F)(F)F. The van der Waals surface area contributed by atoms with Crippen molar-refractivity contribution >= 4 is 29.9 Å². The average molecular weight is 240 g/mol. The molecule has 0 aliphatic carbocycles. The molecule has 0 radical (unpaired) electrons. The molecule has 0 saturated heterocycles. The molecule has 88 valence electrons. The maximum atomic E-state index is 9.75. The summed E-state index contributed by atoms with van der Waals surface area (Å²) in [6, 6.07) is 12.5. The Labute approximate surface area is 94.9 Å². The zero-order chi connectivity index (χ0) is 12.5. The number of rotatable bonds is 0. The van der Waals surface area contributed by atoms with Gasteiger partial charge >= 0.3 is 7.25 Å². The maximum absolute atomic E-state index is 9.75. The van der Waals surface area contributed by atoms with E-state index in [0.29, 0.717) is 0 Å². The Morgan fingerprint density at radius 3 is 2.12 bits per heavy atom. The van der Waals surface area contributed by atoms with E-state index in [1.807, 2.05) is 12.3 Å². The van der Waals surface area contributed by atoms with Crippen LogP contribution in [0.25, 0.3) is 10.8 Å². The molecule has 17 heavy (non-hydrogen) atoms. The van der Waals surface area contributed by atoms with E-state index < -0.39 is 7.25 Å². The molecule has 0 atom stereocenters. The van der Waals surface area contributed by atoms with Crippen molar-refractivity contribution in [1.29, 1.82) is 0 Å². The third-order valence-corrected chi connectivity index (χ3v) is 2.26. The van der Waals surface area contributed by atoms with Gasteiger partial charge in [0.25, 0.3) is 0 Å². The highest BCUT2D eigenvalue weighted by Crippen LogP contribution is 2.32. The Balaban J connectivity index is 0.000000188. The normalized spacial score (nSPS) is 12.5. The quantitative estimate of drug-likeness (QED) is 0.412. The number of halogens is 4. The van der Waals surface area contributed by atoms with Crippen molar-refractivity contribution in [2.75, 3.05) is 0 Å². The average Bonchev–Trinajstić information content (AvgIpc) is 2.62. The van der Waals surface area contributed by atoms with Gasteiger partial charge < -0.3 is 17.3 Å². The predicted octanol–water partition coefficient (Wildman–Crippen LogP) is 4.20. The molecule has 2 aromatic carbocycles. The first-order chi connectivity index (χ1) is 7.95. The van der Waals surface area contributed by atoms with Crippen molar-refractivity contribution in [3.05, 3.63) is 42.0 Å². The molecule has 0 amide bonds. The number of hydrogen-bond donors (Lipinski definition) is 0. The second-order valence-electron chi connectivity index (χ2n) is 3.48. The van der Waals surface area contributed by atoms with E-state index in [2.05, 4.69) is 35.3 Å². The predicted molar refractivity (Wildman–Crippen MR) is 61.4 cm³/mol. The lowest BCUT2D eigenvalue weighted by Gasteiger charge is -1.97. The van der Waals surface area contributed by atoms with E-state index in [4.69, 9.17) is 0 Å². The third-order valence-electron chi connectivity index (χ3n) is 2.26. The van der Waals surface area contributed by atoms with Gasteiger partial charge in [-0.05, 0) is 11.5 Å². The minimum atomic E-state index is -6.00. The summed E-state index contributed by atoms with van der Waals surface area (Å²) < 4.78 is 39.0. The zero-order valence-electron chi connectivity index (χ0n) is 8.58. The lowest BCUT2D eigenvalue weighted by Crippen LogP contribution is -2.02. The topological polar surface area (TPSA) is 12.4 Å². The van der Waals surface area contributed by atoms with Gasteiger partial charge in [-0.1, -0.05) is 30.3 Å². The lowest BCUT2D eigenvalue weighted by molar-refractivity contribution is 0.368. The highest BCUT2D eigenvalue weighted by Gasteiger charge is 2.20. The Morgan fingerprint density at radius 2 is 1.47 bits per heavy atom. The highest BCUT2D eigenvalue weighted by atomic mass is 19.5. The molecule has 2 aromatic rings. The van der Waals surface area contributed by atoms with E-state index in [1.165, 1.54) is 16.3 Å². The maximum Gasteiger partial charge on any atom is 0.673 e. The minimum absolute atomic E-state index is 1.10. The Hall–Kier alpha value is -1.85. The van der Waals surface area contributed by atoms with Gasteiger partial charge in [0.2, 0.25) is 0 Å². The summed E-state index contributed by atoms with van der Waals surface area (Å²) in [5.41, 5.74) is 2.34. The molecule has 0 bridgehead atoms. The summed E-state index contributed by atoms with van der Waals surface area (Å²) in [6.07, 6.45) is 1.93. The van der Waals surface area contributed by atoms with Crippen LogP contribution in [0.3, 0.4) is 0 Å². The lowest BCUT2D eigenvalue weighted by atomic mass is 10.1. The van der Waals surface area contributed by atoms with Crippen LogP contribution in [0.15, 0.2) is 41.4 Å². The van der Waals surface area contributed by atoms with Crippen LogP contribution in [-0.4, -0.2) is 13.5 Å². The van der Waals surface area contributed by atoms with E-state index in [1.54, 1.807) is 0 Å². The van der Waals surface area contributed by atoms with Crippen LogP contribution in [0, 0.1) is 0 Å². The van der Waals surface area contributed by atoms with Crippen LogP contribution in [0.2, 0.25) is 0 Å². The van der Waals surface area contributed by atoms with Crippen molar-refractivity contribution < 1.29 is 17.3 Å². The Kier molecular flexibility index (Phi) is 2.87. The molecular weight excluding hydrogens is 233 g/mol. The highest BCUT2D eigenvalue weighted by molar-refractivity contribution is 6.50. The van der Waals surface area contributed by atoms with Crippen molar-refractivity contribution in [2.45, 2.75) is 0 Å². The van der Waals surface area contributed by atoms with Crippen LogP contribution in [-0.2, 0) is 0 Å². The van der Waals surface area contributed by atoms with Gasteiger partial charge in [0.15, 0.2) is 0 Å². The number of benzene rings is 2. The summed E-state index contributed by atoms with van der Waals surface area (Å²) in [5, 5.41) is 2.57. The molecule has 3 rings (SSSR count). The molecule has 0 aromatic heterocycles. The van der Waals surface area contributed by atoms with E-state index in [-0.39, 0.29) is 0 Å². The molecule has 1 aliphatic rings. The molecule has 0 unspecified atom stereocenters. The summed E-state index contributed by atoms with van der Waals surface area (Å²) >= 11 is 0. The monoisotopic (exact) mass is 240 g/mol. The number of nitrogens with zero attached hydrogens (tertiary/aromatic N) is 1. The van der Waals surface area contributed by atoms with Crippen LogP contribution >= 0.6 is 0 Å². The van der Waals surface area contributed by atoms with Crippen LogP contribution in [0.5, 0.6) is 0 Å². The first kappa shape index (κ1) is 11.6. The molecule has 6 heteroatoms. The van der Waals surface area contributed by atoms with Crippen LogP contribution < -0.4 is 0 Å². The number of aliphatic imine (C=N–C) groups is 1. The van der Waals surface area contributed by atoms with Crippen molar-refractivity contribution in [1.82, 2.24) is 0 Å². The van der Waals surface area contributed by atoms with Crippen molar-refractivity contribution in [3.63, 3.8) is 0 Å². The molecule has 0 saturated carbocycles. The fourth-order valence-electron chi connectivity index (χ4n) is 1.70. The summed E-state index contributed by atoms with van der Waals surface area (Å²) in [5.74, 6) is 0. The van der Waals surface area contributed by atoms with Crippen molar-refractivity contribution in [2.24, 2.45) is 4.99 Å². The molecular formula is C11H7BF4N-. The van der Waals surface area contributed by atoms with E-state index in [0.717, 1.165) is 5.69 Å². The fraction of sp³-hybridized carbons (Fsp3) is 0. The standard InChI is InChI=1S/C11H7N.BF4/c1-3-8-4-2-6-10-11(8)9(5-1)7-12-10;2-1(3,4)5/h1-7H;/q;-1. The molecule has 1 heterocycles. The molecule has 0 N–H and O–H groups in total. The zero-order valence-corrected chi connectivity index (χ0v) is 8.58. The summed E-state index contributed by atoms with van der Waals surface area (Å²) in [7, 11) is -6.00. The van der Waals surface area contributed by atoms with Gasteiger partial charge in [-0.2, -0.15) is 0 Å². The van der Waals surface area contributed by atoms with Crippen molar-refractivity contribution in [3.8, 4) is 0 Å². The van der Waals surface area contributed by atoms with E-state index >= 15 is 0 Å². The third kappa shape index (κ3) is 2.84. The Morgan fingerprint density at radius 1 is 0.882 bits per heavy atom. The minimum Gasteiger partial charge on any atom is -0.418 e. The van der Waals surface area contributed by atoms with Gasteiger partial charge in [0.05, 0.1) is 5.69 Å². The number of hydrogen-bond acceptors (Lipinski definition) is 1. The summed E-state index contributed by atoms with van der Waals surface area (Å²) in [4.78, 5) is 4.32. The second kappa shape index (κ2) is 4.20. The van der Waals surface area contributed by atoms with Crippen LogP contribution in [0.1, 0.15) is 5.56 Å². The molecule has 1 nitrogen and oxygen atoms in total. The van der Waals surface area contributed by atoms with E-state index in [9.17, 15) is 17.3 Å². The van der Waals surface area contributed by atoms with Gasteiger partial charge in [-0.25, -0.2) is 0 Å². The molecule has 1 aliphatic heterocycles. The Bertz CT molecular complexity index is 530. The first-order valence-electron chi connectivity index (χ1n) is 4.88. The largest absolute Gasteiger partial charge is 0.673 e. The van der Waals surface area contributed by atoms with Gasteiger partial charge in [0, 0.05) is 17.2 Å². The molecule has 0 fully saturated rings. The van der Waals surface area contributed by atoms with Gasteiger partial charge in [-0.15, -0.1) is 0 Å². The van der Waals surface area contributed by atoms with Gasteiger partial charge in [0.1, 0.15) is 0 Å². The second-order valence-corrected chi connectivity index (χ2v) is 3.48. The first-order valence-corrected chi connectivity index (χ1v) is 4.88. The summed E-state index contributed by atoms with van der Waals surface area (Å²) in [6.45, 7) is 0.